The highest BCUT2D eigenvalue weighted by molar-refractivity contribution is 9.10. The summed E-state index contributed by atoms with van der Waals surface area (Å²) in [5.74, 6) is 0. The van der Waals surface area contributed by atoms with Crippen molar-refractivity contribution in [2.24, 2.45) is 0 Å². The summed E-state index contributed by atoms with van der Waals surface area (Å²) in [6.07, 6.45) is 3.98. The van der Waals surface area contributed by atoms with Crippen LogP contribution in [-0.4, -0.2) is 9.78 Å². The van der Waals surface area contributed by atoms with Crippen molar-refractivity contribution in [3.05, 3.63) is 82.6 Å². The molecule has 22 heavy (non-hydrogen) atoms. The van der Waals surface area contributed by atoms with Crippen LogP contribution in [0.5, 0.6) is 0 Å². The number of para-hydroxylation sites is 1. The Bertz CT molecular complexity index is 720. The van der Waals surface area contributed by atoms with Gasteiger partial charge in [0, 0.05) is 28.8 Å². The van der Waals surface area contributed by atoms with Crippen molar-refractivity contribution in [3.63, 3.8) is 0 Å². The minimum Gasteiger partial charge on any atom is -0.306 e. The molecule has 112 valence electrons. The molecule has 1 atom stereocenters. The van der Waals surface area contributed by atoms with Gasteiger partial charge in [0.15, 0.2) is 0 Å². The van der Waals surface area contributed by atoms with Crippen LogP contribution < -0.4 is 5.32 Å². The molecule has 0 saturated carbocycles. The molecule has 3 nitrogen and oxygen atoms in total. The summed E-state index contributed by atoms with van der Waals surface area (Å²) in [6, 6.07) is 18.9. The minimum atomic E-state index is 0.299. The normalized spacial score (nSPS) is 12.3. The van der Waals surface area contributed by atoms with Crippen molar-refractivity contribution in [1.29, 1.82) is 0 Å². The first-order valence-electron chi connectivity index (χ1n) is 7.30. The molecular formula is C18H18BrN3. The van der Waals surface area contributed by atoms with Gasteiger partial charge in [-0.05, 0) is 36.8 Å². The molecule has 0 saturated heterocycles. The highest BCUT2D eigenvalue weighted by Gasteiger charge is 2.06. The van der Waals surface area contributed by atoms with Gasteiger partial charge in [-0.3, -0.25) is 0 Å². The lowest BCUT2D eigenvalue weighted by molar-refractivity contribution is 0.574. The predicted octanol–water partition coefficient (Wildman–Crippen LogP) is 4.49. The van der Waals surface area contributed by atoms with Crippen molar-refractivity contribution in [2.75, 3.05) is 0 Å². The van der Waals surface area contributed by atoms with E-state index in [1.165, 1.54) is 11.1 Å². The number of benzene rings is 2. The number of nitrogens with one attached hydrogen (secondary N) is 1. The van der Waals surface area contributed by atoms with Crippen LogP contribution in [0.2, 0.25) is 0 Å². The van der Waals surface area contributed by atoms with Crippen LogP contribution in [0.15, 0.2) is 71.5 Å². The molecule has 0 bridgehead atoms. The number of hydrogen-bond acceptors (Lipinski definition) is 2. The highest BCUT2D eigenvalue weighted by atomic mass is 79.9. The second kappa shape index (κ2) is 6.90. The largest absolute Gasteiger partial charge is 0.306 e. The van der Waals surface area contributed by atoms with E-state index in [1.54, 1.807) is 0 Å². The summed E-state index contributed by atoms with van der Waals surface area (Å²) >= 11 is 3.46. The lowest BCUT2D eigenvalue weighted by Crippen LogP contribution is -2.17. The molecule has 1 N–H and O–H groups in total. The van der Waals surface area contributed by atoms with E-state index < -0.39 is 0 Å². The van der Waals surface area contributed by atoms with Gasteiger partial charge in [0.1, 0.15) is 0 Å². The van der Waals surface area contributed by atoms with Gasteiger partial charge in [0.05, 0.1) is 11.9 Å². The van der Waals surface area contributed by atoms with Crippen LogP contribution in [0.3, 0.4) is 0 Å². The van der Waals surface area contributed by atoms with Crippen LogP contribution in [0, 0.1) is 0 Å². The molecule has 0 radical (unpaired) electrons. The number of rotatable bonds is 5. The van der Waals surface area contributed by atoms with E-state index in [1.807, 2.05) is 29.1 Å². The third-order valence-electron chi connectivity index (χ3n) is 3.64. The molecule has 3 rings (SSSR count). The minimum absolute atomic E-state index is 0.299. The maximum atomic E-state index is 4.42. The zero-order valence-electron chi connectivity index (χ0n) is 12.4. The second-order valence-corrected chi connectivity index (χ2v) is 6.20. The van der Waals surface area contributed by atoms with Gasteiger partial charge >= 0.3 is 0 Å². The summed E-state index contributed by atoms with van der Waals surface area (Å²) in [6.45, 7) is 2.97. The first kappa shape index (κ1) is 15.0. The Balaban J connectivity index is 1.62. The zero-order valence-corrected chi connectivity index (χ0v) is 14.0. The molecule has 0 fully saturated rings. The Kier molecular flexibility index (Phi) is 4.71. The molecule has 2 aromatic carbocycles. The molecule has 0 aliphatic heterocycles. The molecule has 0 aliphatic rings. The first-order valence-corrected chi connectivity index (χ1v) is 8.09. The molecule has 4 heteroatoms. The van der Waals surface area contributed by atoms with Gasteiger partial charge in [-0.15, -0.1) is 0 Å². The van der Waals surface area contributed by atoms with E-state index in [0.717, 1.165) is 16.7 Å². The second-order valence-electron chi connectivity index (χ2n) is 5.28. The first-order chi connectivity index (χ1) is 10.7. The summed E-state index contributed by atoms with van der Waals surface area (Å²) in [4.78, 5) is 0. The molecule has 0 unspecified atom stereocenters. The maximum Gasteiger partial charge on any atom is 0.0645 e. The smallest absolute Gasteiger partial charge is 0.0645 e. The van der Waals surface area contributed by atoms with Crippen LogP contribution in [0.4, 0.5) is 0 Å². The Morgan fingerprint density at radius 1 is 1.09 bits per heavy atom. The highest BCUT2D eigenvalue weighted by Crippen LogP contribution is 2.17. The fourth-order valence-corrected chi connectivity index (χ4v) is 2.58. The van der Waals surface area contributed by atoms with Gasteiger partial charge in [-0.1, -0.05) is 46.3 Å². The standard InChI is InChI=1S/C18H18BrN3/c1-14(16-7-9-17(19)10-8-16)20-11-15-12-21-22(13-15)18-5-3-2-4-6-18/h2-10,12-14,20H,11H2,1H3/t14-/m1/s1. The van der Waals surface area contributed by atoms with Gasteiger partial charge in [0.25, 0.3) is 0 Å². The van der Waals surface area contributed by atoms with Gasteiger partial charge < -0.3 is 5.32 Å². The van der Waals surface area contributed by atoms with Crippen molar-refractivity contribution in [1.82, 2.24) is 15.1 Å². The number of halogens is 1. The van der Waals surface area contributed by atoms with Gasteiger partial charge in [-0.25, -0.2) is 4.68 Å². The average Bonchev–Trinajstić information content (AvgIpc) is 3.03. The average molecular weight is 356 g/mol. The van der Waals surface area contributed by atoms with E-state index >= 15 is 0 Å². The Morgan fingerprint density at radius 2 is 1.82 bits per heavy atom. The van der Waals surface area contributed by atoms with E-state index in [-0.39, 0.29) is 0 Å². The number of nitrogens with zero attached hydrogens (tertiary/aromatic N) is 2. The van der Waals surface area contributed by atoms with E-state index in [9.17, 15) is 0 Å². The van der Waals surface area contributed by atoms with Gasteiger partial charge in [0.2, 0.25) is 0 Å². The van der Waals surface area contributed by atoms with Crippen molar-refractivity contribution >= 4 is 15.9 Å². The predicted molar refractivity (Wildman–Crippen MR) is 93.0 cm³/mol. The number of aromatic nitrogens is 2. The number of hydrogen-bond donors (Lipinski definition) is 1. The maximum absolute atomic E-state index is 4.42. The van der Waals surface area contributed by atoms with Crippen molar-refractivity contribution < 1.29 is 0 Å². The topological polar surface area (TPSA) is 29.9 Å². The molecule has 0 amide bonds. The third kappa shape index (κ3) is 3.64. The quantitative estimate of drug-likeness (QED) is 0.730. The van der Waals surface area contributed by atoms with E-state index in [2.05, 4.69) is 75.9 Å². The molecule has 1 aromatic heterocycles. The zero-order chi connectivity index (χ0) is 15.4. The molecule has 1 heterocycles. The van der Waals surface area contributed by atoms with Crippen LogP contribution in [0.25, 0.3) is 5.69 Å². The fourth-order valence-electron chi connectivity index (χ4n) is 2.31. The Labute approximate surface area is 139 Å². The van der Waals surface area contributed by atoms with E-state index in [0.29, 0.717) is 6.04 Å². The molecule has 0 aliphatic carbocycles. The molecule has 0 spiro atoms. The SMILES string of the molecule is C[C@@H](NCc1cnn(-c2ccccc2)c1)c1ccc(Br)cc1. The summed E-state index contributed by atoms with van der Waals surface area (Å²) in [5.41, 5.74) is 3.53. The Hall–Kier alpha value is -1.91. The monoisotopic (exact) mass is 355 g/mol. The lowest BCUT2D eigenvalue weighted by Gasteiger charge is -2.13. The lowest BCUT2D eigenvalue weighted by atomic mass is 10.1. The molecular weight excluding hydrogens is 338 g/mol. The Morgan fingerprint density at radius 3 is 2.55 bits per heavy atom. The third-order valence-corrected chi connectivity index (χ3v) is 4.17. The van der Waals surface area contributed by atoms with Crippen molar-refractivity contribution in [3.8, 4) is 5.69 Å². The van der Waals surface area contributed by atoms with Crippen LogP contribution in [0.1, 0.15) is 24.1 Å². The summed E-state index contributed by atoms with van der Waals surface area (Å²) < 4.78 is 3.01. The van der Waals surface area contributed by atoms with Crippen LogP contribution >= 0.6 is 15.9 Å². The summed E-state index contributed by atoms with van der Waals surface area (Å²) in [7, 11) is 0. The summed E-state index contributed by atoms with van der Waals surface area (Å²) in [5, 5.41) is 7.95. The van der Waals surface area contributed by atoms with E-state index in [4.69, 9.17) is 0 Å². The molecule has 3 aromatic rings. The van der Waals surface area contributed by atoms with Gasteiger partial charge in [-0.2, -0.15) is 5.10 Å². The van der Waals surface area contributed by atoms with Crippen LogP contribution in [-0.2, 0) is 6.54 Å². The van der Waals surface area contributed by atoms with Crippen molar-refractivity contribution in [2.45, 2.75) is 19.5 Å². The fraction of sp³-hybridized carbons (Fsp3) is 0.167.